The maximum Gasteiger partial charge on any atom is 0.0581 e. The van der Waals surface area contributed by atoms with E-state index < -0.39 is 0 Å². The summed E-state index contributed by atoms with van der Waals surface area (Å²) in [6.45, 7) is 0. The average Bonchev–Trinajstić information content (AvgIpc) is 2.19. The van der Waals surface area contributed by atoms with Crippen LogP contribution in [0.25, 0.3) is 0 Å². The fourth-order valence-electron chi connectivity index (χ4n) is 0.680. The summed E-state index contributed by atoms with van der Waals surface area (Å²) in [5.41, 5.74) is 1.19. The van der Waals surface area contributed by atoms with E-state index in [2.05, 4.69) is 36.2 Å². The molecular formula is C6H9NS. The zero-order valence-electron chi connectivity index (χ0n) is 4.59. The molecule has 0 aromatic carbocycles. The molecule has 1 N–H and O–H groups in total. The second-order valence-electron chi connectivity index (χ2n) is 1.63. The highest BCUT2D eigenvalue weighted by molar-refractivity contribution is 7.80. The molecule has 44 valence electrons. The molecule has 1 nitrogen and oxygen atoms in total. The van der Waals surface area contributed by atoms with Gasteiger partial charge in [-0.25, -0.2) is 0 Å². The summed E-state index contributed by atoms with van der Waals surface area (Å²) >= 11 is 4.01. The molecule has 1 rings (SSSR count). The highest BCUT2D eigenvalue weighted by atomic mass is 32.1. The Morgan fingerprint density at radius 2 is 2.62 bits per heavy atom. The molecular weight excluding hydrogens is 118 g/mol. The summed E-state index contributed by atoms with van der Waals surface area (Å²) < 4.78 is 0. The van der Waals surface area contributed by atoms with Gasteiger partial charge in [-0.1, -0.05) is 12.2 Å². The summed E-state index contributed by atoms with van der Waals surface area (Å²) in [5, 5.41) is 3.08. The van der Waals surface area contributed by atoms with Crippen LogP contribution in [0.15, 0.2) is 23.9 Å². The minimum Gasteiger partial charge on any atom is -0.377 e. The molecule has 0 aromatic heterocycles. The zero-order valence-corrected chi connectivity index (χ0v) is 5.49. The lowest BCUT2D eigenvalue weighted by molar-refractivity contribution is 1.00. The Labute approximate surface area is 54.9 Å². The van der Waals surface area contributed by atoms with Crippen molar-refractivity contribution in [1.29, 1.82) is 0 Å². The van der Waals surface area contributed by atoms with Gasteiger partial charge in [-0.3, -0.25) is 0 Å². The van der Waals surface area contributed by atoms with Crippen LogP contribution >= 0.6 is 12.6 Å². The molecule has 0 radical (unpaired) electrons. The van der Waals surface area contributed by atoms with Gasteiger partial charge in [-0.05, 0) is 12.5 Å². The zero-order chi connectivity index (χ0) is 5.82. The van der Waals surface area contributed by atoms with Gasteiger partial charge in [0.2, 0.25) is 0 Å². The third kappa shape index (κ3) is 1.30. The minimum atomic E-state index is 0.718. The monoisotopic (exact) mass is 127 g/mol. The van der Waals surface area contributed by atoms with Crippen LogP contribution in [0.4, 0.5) is 0 Å². The summed E-state index contributed by atoms with van der Waals surface area (Å²) in [4.78, 5) is 0. The minimum absolute atomic E-state index is 0.718. The van der Waals surface area contributed by atoms with E-state index in [0.29, 0.717) is 0 Å². The van der Waals surface area contributed by atoms with Gasteiger partial charge in [0.1, 0.15) is 0 Å². The molecule has 8 heavy (non-hydrogen) atoms. The van der Waals surface area contributed by atoms with Gasteiger partial charge in [-0.2, -0.15) is 12.6 Å². The lowest BCUT2D eigenvalue weighted by Crippen LogP contribution is -2.06. The van der Waals surface area contributed by atoms with Crippen LogP contribution in [0, 0.1) is 0 Å². The lowest BCUT2D eigenvalue weighted by atomic mass is 10.5. The predicted molar refractivity (Wildman–Crippen MR) is 38.8 cm³/mol. The quantitative estimate of drug-likeness (QED) is 0.421. The summed E-state index contributed by atoms with van der Waals surface area (Å²) in [7, 11) is 0. The molecule has 2 heteroatoms. The second-order valence-corrected chi connectivity index (χ2v) is 1.95. The molecule has 0 fully saturated rings. The highest BCUT2D eigenvalue weighted by Crippen LogP contribution is 2.04. The summed E-state index contributed by atoms with van der Waals surface area (Å²) in [6, 6.07) is 0. The maximum absolute atomic E-state index is 4.01. The SMILES string of the molecule is SCNC1=CCC=C1. The predicted octanol–water partition coefficient (Wildman–Crippen LogP) is 1.31. The van der Waals surface area contributed by atoms with Gasteiger partial charge in [0.15, 0.2) is 0 Å². The second kappa shape index (κ2) is 2.82. The molecule has 0 aliphatic heterocycles. The van der Waals surface area contributed by atoms with E-state index in [-0.39, 0.29) is 0 Å². The Hall–Kier alpha value is -0.370. The van der Waals surface area contributed by atoms with Crippen molar-refractivity contribution >= 4 is 12.6 Å². The Balaban J connectivity index is 2.34. The Morgan fingerprint density at radius 3 is 3.12 bits per heavy atom. The van der Waals surface area contributed by atoms with Crippen LogP contribution in [0.5, 0.6) is 0 Å². The Bertz CT molecular complexity index is 126. The van der Waals surface area contributed by atoms with Crippen LogP contribution in [-0.4, -0.2) is 5.88 Å². The van der Waals surface area contributed by atoms with Crippen LogP contribution in [0.1, 0.15) is 6.42 Å². The first-order valence-electron chi connectivity index (χ1n) is 2.65. The molecule has 1 aliphatic rings. The van der Waals surface area contributed by atoms with E-state index in [1.165, 1.54) is 5.70 Å². The maximum atomic E-state index is 4.01. The molecule has 0 aromatic rings. The van der Waals surface area contributed by atoms with Crippen molar-refractivity contribution in [3.05, 3.63) is 23.9 Å². The van der Waals surface area contributed by atoms with Crippen LogP contribution in [-0.2, 0) is 0 Å². The first-order valence-corrected chi connectivity index (χ1v) is 3.28. The summed E-state index contributed by atoms with van der Waals surface area (Å²) in [5.74, 6) is 0.718. The number of hydrogen-bond donors (Lipinski definition) is 2. The van der Waals surface area contributed by atoms with Crippen molar-refractivity contribution in [3.63, 3.8) is 0 Å². The first kappa shape index (κ1) is 5.76. The molecule has 0 heterocycles. The van der Waals surface area contributed by atoms with E-state index in [9.17, 15) is 0 Å². The van der Waals surface area contributed by atoms with Gasteiger partial charge in [0.05, 0.1) is 5.88 Å². The number of nitrogens with one attached hydrogen (secondary N) is 1. The van der Waals surface area contributed by atoms with Gasteiger partial charge < -0.3 is 5.32 Å². The van der Waals surface area contributed by atoms with Crippen LogP contribution in [0.3, 0.4) is 0 Å². The largest absolute Gasteiger partial charge is 0.377 e. The Kier molecular flexibility index (Phi) is 2.03. The van der Waals surface area contributed by atoms with Crippen LogP contribution < -0.4 is 5.32 Å². The fraction of sp³-hybridized carbons (Fsp3) is 0.333. The summed E-state index contributed by atoms with van der Waals surface area (Å²) in [6.07, 6.45) is 7.38. The van der Waals surface area contributed by atoms with Crippen molar-refractivity contribution in [2.24, 2.45) is 0 Å². The average molecular weight is 127 g/mol. The molecule has 0 bridgehead atoms. The molecule has 1 aliphatic carbocycles. The van der Waals surface area contributed by atoms with E-state index in [4.69, 9.17) is 0 Å². The van der Waals surface area contributed by atoms with Crippen molar-refractivity contribution < 1.29 is 0 Å². The van der Waals surface area contributed by atoms with E-state index >= 15 is 0 Å². The Morgan fingerprint density at radius 1 is 1.75 bits per heavy atom. The van der Waals surface area contributed by atoms with E-state index in [1.54, 1.807) is 0 Å². The van der Waals surface area contributed by atoms with E-state index in [0.717, 1.165) is 12.3 Å². The lowest BCUT2D eigenvalue weighted by Gasteiger charge is -1.96. The molecule has 0 spiro atoms. The van der Waals surface area contributed by atoms with Crippen molar-refractivity contribution in [1.82, 2.24) is 5.32 Å². The topological polar surface area (TPSA) is 12.0 Å². The molecule has 0 amide bonds. The first-order chi connectivity index (χ1) is 3.93. The normalized spacial score (nSPS) is 16.4. The van der Waals surface area contributed by atoms with Gasteiger partial charge in [-0.15, -0.1) is 0 Å². The van der Waals surface area contributed by atoms with Gasteiger partial charge >= 0.3 is 0 Å². The number of rotatable bonds is 2. The van der Waals surface area contributed by atoms with Crippen LogP contribution in [0.2, 0.25) is 0 Å². The number of thiol groups is 1. The molecule has 0 saturated heterocycles. The standard InChI is InChI=1S/C6H9NS/c8-5-7-6-3-1-2-4-6/h1,3-4,7-8H,2,5H2. The molecule has 0 saturated carbocycles. The van der Waals surface area contributed by atoms with Gasteiger partial charge in [0.25, 0.3) is 0 Å². The van der Waals surface area contributed by atoms with Crippen molar-refractivity contribution in [2.45, 2.75) is 6.42 Å². The third-order valence-electron chi connectivity index (χ3n) is 1.05. The smallest absolute Gasteiger partial charge is 0.0581 e. The number of allylic oxidation sites excluding steroid dienone is 3. The van der Waals surface area contributed by atoms with E-state index in [1.807, 2.05) is 0 Å². The van der Waals surface area contributed by atoms with Gasteiger partial charge in [0, 0.05) is 5.70 Å². The van der Waals surface area contributed by atoms with Crippen molar-refractivity contribution in [3.8, 4) is 0 Å². The fourth-order valence-corrected chi connectivity index (χ4v) is 0.863. The highest BCUT2D eigenvalue weighted by Gasteiger charge is 1.91. The molecule has 0 unspecified atom stereocenters. The third-order valence-corrected chi connectivity index (χ3v) is 1.21. The number of hydrogen-bond acceptors (Lipinski definition) is 2. The van der Waals surface area contributed by atoms with Crippen molar-refractivity contribution in [2.75, 3.05) is 5.88 Å². The molecule has 0 atom stereocenters.